The average Bonchev–Trinajstić information content (AvgIpc) is 3.33. The normalized spacial score (nSPS) is 18.5. The van der Waals surface area contributed by atoms with Crippen LogP contribution in [0.15, 0.2) is 24.3 Å². The van der Waals surface area contributed by atoms with E-state index in [0.29, 0.717) is 31.2 Å². The standard InChI is InChI=1S/C24H30N4O3/c1-15-18-13-20(29)28(14-16-8-6-9-17(12-16)31-5)22(18)26-21(25-15)19-10-7-11-27(19)23(30)24(2,3)4/h6,8-9,12,19H,7,10-11,13-14H2,1-5H3/t19-/m1/s1. The molecule has 0 unspecified atom stereocenters. The van der Waals surface area contributed by atoms with Crippen LogP contribution in [0.2, 0.25) is 0 Å². The van der Waals surface area contributed by atoms with Crippen LogP contribution in [0, 0.1) is 12.3 Å². The first-order chi connectivity index (χ1) is 14.7. The summed E-state index contributed by atoms with van der Waals surface area (Å²) in [6.45, 7) is 8.88. The van der Waals surface area contributed by atoms with Crippen LogP contribution in [0.3, 0.4) is 0 Å². The first-order valence-corrected chi connectivity index (χ1v) is 10.8. The van der Waals surface area contributed by atoms with Crippen LogP contribution in [0.1, 0.15) is 62.3 Å². The third-order valence-corrected chi connectivity index (χ3v) is 6.02. The van der Waals surface area contributed by atoms with Gasteiger partial charge in [-0.2, -0.15) is 0 Å². The molecule has 0 radical (unpaired) electrons. The van der Waals surface area contributed by atoms with Crippen molar-refractivity contribution < 1.29 is 14.3 Å². The zero-order chi connectivity index (χ0) is 22.3. The third kappa shape index (κ3) is 4.01. The van der Waals surface area contributed by atoms with Crippen LogP contribution >= 0.6 is 0 Å². The molecule has 0 aliphatic carbocycles. The molecule has 164 valence electrons. The summed E-state index contributed by atoms with van der Waals surface area (Å²) in [7, 11) is 1.63. The molecule has 2 aliphatic rings. The SMILES string of the molecule is COc1cccc(CN2C(=O)Cc3c(C)nc([C@H]4CCCN4C(=O)C(C)(C)C)nc32)c1. The zero-order valence-corrected chi connectivity index (χ0v) is 18.9. The van der Waals surface area contributed by atoms with Gasteiger partial charge in [-0.25, -0.2) is 9.97 Å². The lowest BCUT2D eigenvalue weighted by Crippen LogP contribution is -2.39. The molecule has 1 aromatic carbocycles. The van der Waals surface area contributed by atoms with Gasteiger partial charge >= 0.3 is 0 Å². The number of ether oxygens (including phenoxy) is 1. The first kappa shape index (κ1) is 21.3. The van der Waals surface area contributed by atoms with Gasteiger partial charge in [0.25, 0.3) is 0 Å². The van der Waals surface area contributed by atoms with Gasteiger partial charge in [0.2, 0.25) is 11.8 Å². The fourth-order valence-electron chi connectivity index (χ4n) is 4.37. The molecule has 1 saturated heterocycles. The van der Waals surface area contributed by atoms with Crippen molar-refractivity contribution in [3.8, 4) is 5.75 Å². The first-order valence-electron chi connectivity index (χ1n) is 10.8. The summed E-state index contributed by atoms with van der Waals surface area (Å²) in [6, 6.07) is 7.56. The molecule has 0 N–H and O–H groups in total. The number of nitrogens with zero attached hydrogens (tertiary/aromatic N) is 4. The van der Waals surface area contributed by atoms with Crippen molar-refractivity contribution in [1.82, 2.24) is 14.9 Å². The zero-order valence-electron chi connectivity index (χ0n) is 18.9. The number of methoxy groups -OCH3 is 1. The molecule has 0 spiro atoms. The second kappa shape index (κ2) is 7.94. The highest BCUT2D eigenvalue weighted by Crippen LogP contribution is 2.37. The van der Waals surface area contributed by atoms with E-state index in [9.17, 15) is 9.59 Å². The van der Waals surface area contributed by atoms with E-state index in [1.807, 2.05) is 56.9 Å². The number of hydrogen-bond acceptors (Lipinski definition) is 5. The largest absolute Gasteiger partial charge is 0.497 e. The lowest BCUT2D eigenvalue weighted by atomic mass is 9.94. The molecule has 2 aromatic rings. The molecule has 7 nitrogen and oxygen atoms in total. The van der Waals surface area contributed by atoms with E-state index in [1.54, 1.807) is 12.0 Å². The number of likely N-dealkylation sites (tertiary alicyclic amines) is 1. The van der Waals surface area contributed by atoms with Gasteiger partial charge in [-0.05, 0) is 37.5 Å². The Labute approximate surface area is 183 Å². The fraction of sp³-hybridized carbons (Fsp3) is 0.500. The highest BCUT2D eigenvalue weighted by Gasteiger charge is 2.39. The molecule has 31 heavy (non-hydrogen) atoms. The number of benzene rings is 1. The molecule has 7 heteroatoms. The number of rotatable bonds is 4. The Bertz CT molecular complexity index is 1030. The molecule has 0 bridgehead atoms. The number of carbonyl (C=O) groups is 2. The van der Waals surface area contributed by atoms with Crippen LogP contribution in [-0.2, 0) is 22.6 Å². The summed E-state index contributed by atoms with van der Waals surface area (Å²) in [5, 5.41) is 0. The van der Waals surface area contributed by atoms with Gasteiger partial charge in [0.05, 0.1) is 26.1 Å². The van der Waals surface area contributed by atoms with Crippen LogP contribution in [-0.4, -0.2) is 40.3 Å². The Kier molecular flexibility index (Phi) is 5.45. The van der Waals surface area contributed by atoms with Crippen LogP contribution < -0.4 is 9.64 Å². The molecule has 4 rings (SSSR count). The van der Waals surface area contributed by atoms with Gasteiger partial charge < -0.3 is 9.64 Å². The molecule has 1 atom stereocenters. The predicted octanol–water partition coefficient (Wildman–Crippen LogP) is 3.59. The third-order valence-electron chi connectivity index (χ3n) is 6.02. The fourth-order valence-corrected chi connectivity index (χ4v) is 4.37. The smallest absolute Gasteiger partial charge is 0.233 e. The molecular formula is C24H30N4O3. The number of aryl methyl sites for hydroxylation is 1. The Morgan fingerprint density at radius 2 is 2.03 bits per heavy atom. The Morgan fingerprint density at radius 1 is 1.26 bits per heavy atom. The van der Waals surface area contributed by atoms with Gasteiger partial charge in [-0.15, -0.1) is 0 Å². The van der Waals surface area contributed by atoms with Crippen molar-refractivity contribution in [3.05, 3.63) is 46.9 Å². The topological polar surface area (TPSA) is 75.6 Å². The lowest BCUT2D eigenvalue weighted by molar-refractivity contribution is -0.140. The number of aromatic nitrogens is 2. The van der Waals surface area contributed by atoms with E-state index < -0.39 is 5.41 Å². The highest BCUT2D eigenvalue weighted by molar-refractivity contribution is 6.00. The van der Waals surface area contributed by atoms with E-state index in [1.165, 1.54) is 0 Å². The van der Waals surface area contributed by atoms with Gasteiger partial charge in [-0.1, -0.05) is 32.9 Å². The van der Waals surface area contributed by atoms with Gasteiger partial charge in [-0.3, -0.25) is 14.5 Å². The van der Waals surface area contributed by atoms with Crippen LogP contribution in [0.25, 0.3) is 0 Å². The molecule has 3 heterocycles. The van der Waals surface area contributed by atoms with Crippen molar-refractivity contribution in [1.29, 1.82) is 0 Å². The van der Waals surface area contributed by atoms with Crippen molar-refractivity contribution >= 4 is 17.6 Å². The minimum absolute atomic E-state index is 0.0152. The van der Waals surface area contributed by atoms with E-state index >= 15 is 0 Å². The summed E-state index contributed by atoms with van der Waals surface area (Å²) >= 11 is 0. The maximum atomic E-state index is 13.0. The van der Waals surface area contributed by atoms with E-state index in [4.69, 9.17) is 14.7 Å². The lowest BCUT2D eigenvalue weighted by Gasteiger charge is -2.30. The number of anilines is 1. The van der Waals surface area contributed by atoms with Crippen molar-refractivity contribution in [2.45, 2.75) is 59.5 Å². The summed E-state index contributed by atoms with van der Waals surface area (Å²) in [5.74, 6) is 2.19. The number of hydrogen-bond donors (Lipinski definition) is 0. The van der Waals surface area contributed by atoms with Crippen molar-refractivity contribution in [2.24, 2.45) is 5.41 Å². The molecule has 2 aliphatic heterocycles. The van der Waals surface area contributed by atoms with E-state index in [0.717, 1.165) is 35.4 Å². The minimum atomic E-state index is -0.456. The Balaban J connectivity index is 1.67. The summed E-state index contributed by atoms with van der Waals surface area (Å²) in [6.07, 6.45) is 2.07. The maximum Gasteiger partial charge on any atom is 0.233 e. The highest BCUT2D eigenvalue weighted by atomic mass is 16.5. The van der Waals surface area contributed by atoms with E-state index in [2.05, 4.69) is 0 Å². The van der Waals surface area contributed by atoms with Gasteiger partial charge in [0.1, 0.15) is 11.6 Å². The number of amides is 2. The van der Waals surface area contributed by atoms with Gasteiger partial charge in [0, 0.05) is 23.2 Å². The number of carbonyl (C=O) groups excluding carboxylic acids is 2. The Hall–Kier alpha value is -2.96. The maximum absolute atomic E-state index is 13.0. The second-order valence-corrected chi connectivity index (χ2v) is 9.38. The molecule has 0 saturated carbocycles. The van der Waals surface area contributed by atoms with Crippen LogP contribution in [0.5, 0.6) is 5.75 Å². The molecule has 1 fully saturated rings. The molecule has 2 amide bonds. The minimum Gasteiger partial charge on any atom is -0.497 e. The second-order valence-electron chi connectivity index (χ2n) is 9.38. The summed E-state index contributed by atoms with van der Waals surface area (Å²) in [5.41, 5.74) is 2.21. The monoisotopic (exact) mass is 422 g/mol. The predicted molar refractivity (Wildman–Crippen MR) is 118 cm³/mol. The Morgan fingerprint density at radius 3 is 2.74 bits per heavy atom. The summed E-state index contributed by atoms with van der Waals surface area (Å²) in [4.78, 5) is 39.1. The average molecular weight is 423 g/mol. The van der Waals surface area contributed by atoms with Gasteiger partial charge in [0.15, 0.2) is 5.82 Å². The number of fused-ring (bicyclic) bond motifs is 1. The van der Waals surface area contributed by atoms with Crippen LogP contribution in [0.4, 0.5) is 5.82 Å². The molecular weight excluding hydrogens is 392 g/mol. The van der Waals surface area contributed by atoms with Crippen molar-refractivity contribution in [3.63, 3.8) is 0 Å². The summed E-state index contributed by atoms with van der Waals surface area (Å²) < 4.78 is 5.32. The molecule has 1 aromatic heterocycles. The van der Waals surface area contributed by atoms with Crippen molar-refractivity contribution in [2.75, 3.05) is 18.6 Å². The quantitative estimate of drug-likeness (QED) is 0.753. The van der Waals surface area contributed by atoms with E-state index in [-0.39, 0.29) is 17.9 Å².